The third-order valence-electron chi connectivity index (χ3n) is 4.72. The summed E-state index contributed by atoms with van der Waals surface area (Å²) in [4.78, 5) is 12.0. The monoisotopic (exact) mass is 516 g/mol. The summed E-state index contributed by atoms with van der Waals surface area (Å²) in [6.07, 6.45) is -4.83. The number of halogens is 4. The van der Waals surface area contributed by atoms with Crippen molar-refractivity contribution in [2.24, 2.45) is 0 Å². The van der Waals surface area contributed by atoms with E-state index in [1.807, 2.05) is 0 Å². The van der Waals surface area contributed by atoms with Crippen LogP contribution in [0.15, 0.2) is 87.4 Å². The molecule has 0 bridgehead atoms. The fourth-order valence-electron chi connectivity index (χ4n) is 3.21. The molecule has 0 aliphatic carbocycles. The Hall–Kier alpha value is -3.09. The predicted octanol–water partition coefficient (Wildman–Crippen LogP) is 3.95. The zero-order valence-corrected chi connectivity index (χ0v) is 18.6. The molecule has 7 nitrogen and oxygen atoms in total. The first kappa shape index (κ1) is 23.1. The lowest BCUT2D eigenvalue weighted by Gasteiger charge is -2.10. The molecule has 0 radical (unpaired) electrons. The molecule has 13 heteroatoms. The second-order valence-electron chi connectivity index (χ2n) is 6.79. The number of aromatic nitrogens is 2. The Morgan fingerprint density at radius 2 is 1.21 bits per heavy atom. The number of fused-ring (bicyclic) bond motifs is 1. The van der Waals surface area contributed by atoms with Crippen molar-refractivity contribution in [1.82, 2.24) is 7.94 Å². The maximum absolute atomic E-state index is 13.2. The lowest BCUT2D eigenvalue weighted by Crippen LogP contribution is -2.33. The van der Waals surface area contributed by atoms with Crippen molar-refractivity contribution in [2.45, 2.75) is 16.0 Å². The Morgan fingerprint density at radius 1 is 0.697 bits per heavy atom. The van der Waals surface area contributed by atoms with E-state index in [0.29, 0.717) is 12.1 Å². The molecule has 0 spiro atoms. The Morgan fingerprint density at radius 3 is 1.73 bits per heavy atom. The average molecular weight is 517 g/mol. The highest BCUT2D eigenvalue weighted by molar-refractivity contribution is 7.91. The molecule has 0 saturated heterocycles. The van der Waals surface area contributed by atoms with Crippen LogP contribution in [0, 0.1) is 0 Å². The molecule has 1 heterocycles. The van der Waals surface area contributed by atoms with Crippen LogP contribution in [0.3, 0.4) is 0 Å². The van der Waals surface area contributed by atoms with Gasteiger partial charge in [0.2, 0.25) is 0 Å². The molecule has 33 heavy (non-hydrogen) atoms. The van der Waals surface area contributed by atoms with E-state index in [1.54, 1.807) is 0 Å². The van der Waals surface area contributed by atoms with Crippen molar-refractivity contribution in [1.29, 1.82) is 0 Å². The molecule has 0 unspecified atom stereocenters. The first-order valence-electron chi connectivity index (χ1n) is 9.01. The van der Waals surface area contributed by atoms with Crippen LogP contribution in [-0.2, 0) is 26.2 Å². The van der Waals surface area contributed by atoms with E-state index in [1.165, 1.54) is 36.4 Å². The molecule has 0 amide bonds. The number of alkyl halides is 3. The molecule has 0 aliphatic heterocycles. The van der Waals surface area contributed by atoms with E-state index in [-0.39, 0.29) is 28.9 Å². The van der Waals surface area contributed by atoms with E-state index in [9.17, 15) is 34.8 Å². The SMILES string of the molecule is O=c1n(S(=O)(=O)c2ccc(Cl)cc2)c2ccccc2n1S(=O)(=O)c1cccc(C(F)(F)F)c1. The molecular weight excluding hydrogens is 505 g/mol. The molecule has 0 aliphatic rings. The maximum atomic E-state index is 13.2. The Labute approximate surface area is 190 Å². The number of benzene rings is 3. The number of hydrogen-bond acceptors (Lipinski definition) is 5. The van der Waals surface area contributed by atoms with Crippen LogP contribution in [0.2, 0.25) is 5.02 Å². The summed E-state index contributed by atoms with van der Waals surface area (Å²) in [5, 5.41) is 0.232. The molecule has 4 aromatic rings. The minimum Gasteiger partial charge on any atom is -0.245 e. The fourth-order valence-corrected chi connectivity index (χ4v) is 6.22. The summed E-state index contributed by atoms with van der Waals surface area (Å²) in [5.41, 5.74) is -3.32. The molecule has 0 fully saturated rings. The third kappa shape index (κ3) is 3.83. The summed E-state index contributed by atoms with van der Waals surface area (Å²) in [6, 6.07) is 12.8. The Bertz CT molecular complexity index is 1660. The lowest BCUT2D eigenvalue weighted by atomic mass is 10.2. The van der Waals surface area contributed by atoms with Gasteiger partial charge in [-0.2, -0.15) is 21.1 Å². The summed E-state index contributed by atoms with van der Waals surface area (Å²) in [7, 11) is -9.50. The molecule has 4 rings (SSSR count). The van der Waals surface area contributed by atoms with Crippen molar-refractivity contribution in [3.8, 4) is 0 Å². The van der Waals surface area contributed by atoms with Crippen molar-refractivity contribution >= 4 is 42.7 Å². The zero-order valence-electron chi connectivity index (χ0n) is 16.2. The molecule has 3 aromatic carbocycles. The first-order chi connectivity index (χ1) is 15.3. The van der Waals surface area contributed by atoms with Crippen molar-refractivity contribution in [2.75, 3.05) is 0 Å². The summed E-state index contributed by atoms with van der Waals surface area (Å²) in [6.45, 7) is 0. The summed E-state index contributed by atoms with van der Waals surface area (Å²) >= 11 is 5.78. The van der Waals surface area contributed by atoms with Crippen LogP contribution in [0.1, 0.15) is 5.56 Å². The van der Waals surface area contributed by atoms with Gasteiger partial charge in [-0.15, -0.1) is 0 Å². The van der Waals surface area contributed by atoms with Crippen LogP contribution in [0.25, 0.3) is 11.0 Å². The molecule has 172 valence electrons. The number of imidazole rings is 1. The average Bonchev–Trinajstić information content (AvgIpc) is 3.06. The first-order valence-corrected chi connectivity index (χ1v) is 12.3. The Kier molecular flexibility index (Phi) is 5.42. The highest BCUT2D eigenvalue weighted by Crippen LogP contribution is 2.31. The van der Waals surface area contributed by atoms with E-state index in [2.05, 4.69) is 0 Å². The van der Waals surface area contributed by atoms with Crippen molar-refractivity contribution in [3.63, 3.8) is 0 Å². The van der Waals surface area contributed by atoms with Gasteiger partial charge >= 0.3 is 11.9 Å². The second-order valence-corrected chi connectivity index (χ2v) is 10.8. The quantitative estimate of drug-likeness (QED) is 0.409. The zero-order chi connectivity index (χ0) is 24.2. The van der Waals surface area contributed by atoms with Gasteiger partial charge in [-0.05, 0) is 54.6 Å². The number of nitrogens with zero attached hydrogens (tertiary/aromatic N) is 2. The Balaban J connectivity index is 2.03. The van der Waals surface area contributed by atoms with Gasteiger partial charge in [0.05, 0.1) is 26.4 Å². The van der Waals surface area contributed by atoms with Gasteiger partial charge in [0, 0.05) is 5.02 Å². The molecule has 0 N–H and O–H groups in total. The van der Waals surface area contributed by atoms with Gasteiger partial charge in [-0.1, -0.05) is 29.8 Å². The van der Waals surface area contributed by atoms with Crippen LogP contribution in [0.4, 0.5) is 13.2 Å². The minimum atomic E-state index is -4.91. The minimum absolute atomic E-state index is 0.172. The van der Waals surface area contributed by atoms with Gasteiger partial charge in [-0.3, -0.25) is 0 Å². The van der Waals surface area contributed by atoms with Gasteiger partial charge in [0.25, 0.3) is 20.0 Å². The second kappa shape index (κ2) is 7.75. The summed E-state index contributed by atoms with van der Waals surface area (Å²) < 4.78 is 92.7. The fraction of sp³-hybridized carbons (Fsp3) is 0.0500. The number of rotatable bonds is 4. The normalized spacial score (nSPS) is 12.8. The van der Waals surface area contributed by atoms with Crippen molar-refractivity contribution < 1.29 is 30.0 Å². The maximum Gasteiger partial charge on any atom is 0.416 e. The van der Waals surface area contributed by atoms with Gasteiger partial charge in [0.15, 0.2) is 0 Å². The van der Waals surface area contributed by atoms with Gasteiger partial charge in [0.1, 0.15) is 0 Å². The molecule has 0 saturated carbocycles. The van der Waals surface area contributed by atoms with Crippen molar-refractivity contribution in [3.05, 3.63) is 93.9 Å². The lowest BCUT2D eigenvalue weighted by molar-refractivity contribution is -0.137. The largest absolute Gasteiger partial charge is 0.416 e. The van der Waals surface area contributed by atoms with E-state index in [0.717, 1.165) is 24.3 Å². The molecule has 0 atom stereocenters. The van der Waals surface area contributed by atoms with Crippen LogP contribution < -0.4 is 5.69 Å². The van der Waals surface area contributed by atoms with Crippen LogP contribution in [0.5, 0.6) is 0 Å². The van der Waals surface area contributed by atoms with E-state index >= 15 is 0 Å². The van der Waals surface area contributed by atoms with Gasteiger partial charge in [-0.25, -0.2) is 21.6 Å². The topological polar surface area (TPSA) is 95.2 Å². The summed E-state index contributed by atoms with van der Waals surface area (Å²) in [5.74, 6) is 0. The smallest absolute Gasteiger partial charge is 0.245 e. The van der Waals surface area contributed by atoms with E-state index < -0.39 is 42.4 Å². The highest BCUT2D eigenvalue weighted by Gasteiger charge is 2.34. The number of para-hydroxylation sites is 2. The van der Waals surface area contributed by atoms with Gasteiger partial charge < -0.3 is 0 Å². The molecule has 1 aromatic heterocycles. The molecular formula is C20H12ClF3N2O5S2. The number of hydrogen-bond donors (Lipinski definition) is 0. The van der Waals surface area contributed by atoms with Crippen LogP contribution in [-0.4, -0.2) is 24.8 Å². The highest BCUT2D eigenvalue weighted by atomic mass is 35.5. The third-order valence-corrected chi connectivity index (χ3v) is 8.35. The predicted molar refractivity (Wildman–Crippen MR) is 114 cm³/mol. The van der Waals surface area contributed by atoms with Crippen LogP contribution >= 0.6 is 11.6 Å². The standard InChI is InChI=1S/C20H12ClF3N2O5S2/c21-14-8-10-15(11-9-14)32(28,29)25-17-6-1-2-7-18(17)26(19(25)27)33(30,31)16-5-3-4-13(12-16)20(22,23)24/h1-12H. The van der Waals surface area contributed by atoms with E-state index in [4.69, 9.17) is 11.6 Å².